The molecule has 1 heterocycles. The number of aryl methyl sites for hydroxylation is 1. The fourth-order valence-corrected chi connectivity index (χ4v) is 0.393. The molecule has 0 saturated carbocycles. The zero-order chi connectivity index (χ0) is 5.98. The van der Waals surface area contributed by atoms with E-state index in [-0.39, 0.29) is 0 Å². The van der Waals surface area contributed by atoms with Crippen molar-refractivity contribution in [1.82, 2.24) is 15.7 Å². The Bertz CT molecular complexity index is 147. The molecule has 0 fully saturated rings. The lowest BCUT2D eigenvalue weighted by Crippen LogP contribution is -1.83. The van der Waals surface area contributed by atoms with Crippen LogP contribution in [0, 0.1) is 6.92 Å². The van der Waals surface area contributed by atoms with E-state index in [1.54, 1.807) is 6.92 Å². The maximum Gasteiger partial charge on any atom is 0.125 e. The van der Waals surface area contributed by atoms with E-state index in [2.05, 4.69) is 9.97 Å². The van der Waals surface area contributed by atoms with E-state index < -0.39 is 0 Å². The summed E-state index contributed by atoms with van der Waals surface area (Å²) in [5, 5.41) is 0. The third-order valence-electron chi connectivity index (χ3n) is 0.781. The molecule has 3 nitrogen and oxygen atoms in total. The van der Waals surface area contributed by atoms with Gasteiger partial charge in [0.15, 0.2) is 0 Å². The molecule has 0 saturated heterocycles. The highest BCUT2D eigenvalue weighted by Crippen LogP contribution is 1.95. The molecule has 1 aromatic rings. The number of hydrogen-bond acceptors (Lipinski definition) is 2. The smallest absolute Gasteiger partial charge is 0.125 e. The van der Waals surface area contributed by atoms with E-state index in [0.717, 1.165) is 0 Å². The summed E-state index contributed by atoms with van der Waals surface area (Å²) in [6.45, 7) is 1.79. The van der Waals surface area contributed by atoms with Gasteiger partial charge in [0.25, 0.3) is 0 Å². The zero-order valence-electron chi connectivity index (χ0n) is 4.55. The van der Waals surface area contributed by atoms with Gasteiger partial charge in [-0.1, -0.05) is 0 Å². The SMILES string of the molecule is Cc1ncc([NH])cn1. The van der Waals surface area contributed by atoms with Gasteiger partial charge in [-0.2, -0.15) is 0 Å². The van der Waals surface area contributed by atoms with Crippen LogP contribution in [0.5, 0.6) is 0 Å². The Labute approximate surface area is 47.6 Å². The minimum Gasteiger partial charge on any atom is -0.298 e. The van der Waals surface area contributed by atoms with Gasteiger partial charge in [0.1, 0.15) is 5.82 Å². The fourth-order valence-electron chi connectivity index (χ4n) is 0.393. The Morgan fingerprint density at radius 1 is 1.38 bits per heavy atom. The monoisotopic (exact) mass is 108 g/mol. The molecule has 1 radical (unpaired) electrons. The molecular formula is C5H6N3. The second kappa shape index (κ2) is 1.78. The number of hydrogen-bond donors (Lipinski definition) is 0. The van der Waals surface area contributed by atoms with E-state index in [4.69, 9.17) is 5.73 Å². The van der Waals surface area contributed by atoms with Gasteiger partial charge in [-0.25, -0.2) is 9.97 Å². The first-order valence-electron chi connectivity index (χ1n) is 2.29. The lowest BCUT2D eigenvalue weighted by molar-refractivity contribution is 1.05. The van der Waals surface area contributed by atoms with Gasteiger partial charge in [-0.3, -0.25) is 5.73 Å². The first kappa shape index (κ1) is 5.03. The average molecular weight is 108 g/mol. The van der Waals surface area contributed by atoms with Gasteiger partial charge in [-0.15, -0.1) is 0 Å². The van der Waals surface area contributed by atoms with Gasteiger partial charge in [0.2, 0.25) is 0 Å². The Morgan fingerprint density at radius 3 is 2.25 bits per heavy atom. The lowest BCUT2D eigenvalue weighted by Gasteiger charge is -1.87. The number of aromatic nitrogens is 2. The number of nitrogens with one attached hydrogen (secondary N) is 1. The molecule has 0 bridgehead atoms. The molecule has 0 unspecified atom stereocenters. The summed E-state index contributed by atoms with van der Waals surface area (Å²) in [5.41, 5.74) is 7.32. The molecule has 0 aromatic carbocycles. The van der Waals surface area contributed by atoms with Gasteiger partial charge in [-0.05, 0) is 6.92 Å². The Hall–Kier alpha value is -1.12. The maximum atomic E-state index is 6.97. The highest BCUT2D eigenvalue weighted by molar-refractivity contribution is 5.24. The minimum atomic E-state index is 0.357. The van der Waals surface area contributed by atoms with E-state index in [0.29, 0.717) is 11.5 Å². The minimum absolute atomic E-state index is 0.357. The Balaban J connectivity index is 3.03. The Morgan fingerprint density at radius 2 is 1.88 bits per heavy atom. The third-order valence-corrected chi connectivity index (χ3v) is 0.781. The van der Waals surface area contributed by atoms with Gasteiger partial charge < -0.3 is 0 Å². The second-order valence-electron chi connectivity index (χ2n) is 1.52. The molecule has 1 N–H and O–H groups in total. The predicted octanol–water partition coefficient (Wildman–Crippen LogP) is 0.699. The van der Waals surface area contributed by atoms with Crippen LogP contribution in [0.3, 0.4) is 0 Å². The summed E-state index contributed by atoms with van der Waals surface area (Å²) in [7, 11) is 0. The van der Waals surface area contributed by atoms with Crippen molar-refractivity contribution in [3.8, 4) is 0 Å². The number of rotatable bonds is 0. The van der Waals surface area contributed by atoms with Crippen molar-refractivity contribution in [3.63, 3.8) is 0 Å². The van der Waals surface area contributed by atoms with Crippen molar-refractivity contribution >= 4 is 5.69 Å². The molecule has 0 atom stereocenters. The van der Waals surface area contributed by atoms with Crippen LogP contribution in [0.25, 0.3) is 0 Å². The normalized spacial score (nSPS) is 9.12. The van der Waals surface area contributed by atoms with Crippen molar-refractivity contribution in [3.05, 3.63) is 18.2 Å². The molecule has 0 aliphatic carbocycles. The van der Waals surface area contributed by atoms with E-state index >= 15 is 0 Å². The summed E-state index contributed by atoms with van der Waals surface area (Å²) in [5.74, 6) is 0.709. The molecule has 0 spiro atoms. The highest BCUT2D eigenvalue weighted by Gasteiger charge is 1.83. The van der Waals surface area contributed by atoms with Crippen LogP contribution in [-0.2, 0) is 0 Å². The van der Waals surface area contributed by atoms with Crippen LogP contribution in [-0.4, -0.2) is 9.97 Å². The van der Waals surface area contributed by atoms with Crippen LogP contribution in [0.2, 0.25) is 0 Å². The van der Waals surface area contributed by atoms with Crippen LogP contribution in [0.4, 0.5) is 5.69 Å². The molecule has 8 heavy (non-hydrogen) atoms. The topological polar surface area (TPSA) is 49.6 Å². The molecule has 3 heteroatoms. The zero-order valence-corrected chi connectivity index (χ0v) is 4.55. The average Bonchev–Trinajstić information content (AvgIpc) is 1.77. The van der Waals surface area contributed by atoms with Gasteiger partial charge >= 0.3 is 0 Å². The largest absolute Gasteiger partial charge is 0.298 e. The summed E-state index contributed by atoms with van der Waals surface area (Å²) >= 11 is 0. The molecule has 41 valence electrons. The van der Waals surface area contributed by atoms with Crippen LogP contribution in [0.1, 0.15) is 5.82 Å². The van der Waals surface area contributed by atoms with Crippen LogP contribution in [0.15, 0.2) is 12.4 Å². The van der Waals surface area contributed by atoms with Crippen molar-refractivity contribution in [1.29, 1.82) is 0 Å². The first-order chi connectivity index (χ1) is 3.79. The molecule has 1 rings (SSSR count). The van der Waals surface area contributed by atoms with Crippen molar-refractivity contribution in [2.75, 3.05) is 0 Å². The molecule has 0 amide bonds. The summed E-state index contributed by atoms with van der Waals surface area (Å²) in [6, 6.07) is 0. The second-order valence-corrected chi connectivity index (χ2v) is 1.52. The van der Waals surface area contributed by atoms with Gasteiger partial charge in [0.05, 0.1) is 18.1 Å². The van der Waals surface area contributed by atoms with Gasteiger partial charge in [0, 0.05) is 0 Å². The summed E-state index contributed by atoms with van der Waals surface area (Å²) in [6.07, 6.45) is 2.95. The van der Waals surface area contributed by atoms with Crippen LogP contribution < -0.4 is 5.73 Å². The predicted molar refractivity (Wildman–Crippen MR) is 29.5 cm³/mol. The number of nitrogens with zero attached hydrogens (tertiary/aromatic N) is 2. The van der Waals surface area contributed by atoms with E-state index in [9.17, 15) is 0 Å². The summed E-state index contributed by atoms with van der Waals surface area (Å²) in [4.78, 5) is 7.56. The van der Waals surface area contributed by atoms with Crippen molar-refractivity contribution in [2.45, 2.75) is 6.92 Å². The molecule has 0 aliphatic rings. The van der Waals surface area contributed by atoms with Crippen LogP contribution >= 0.6 is 0 Å². The standard InChI is InChI=1S/C5H6N3/c1-4-7-2-5(6)3-8-4/h2-3,6H,1H3. The van der Waals surface area contributed by atoms with Crippen molar-refractivity contribution < 1.29 is 0 Å². The molecule has 0 aliphatic heterocycles. The third kappa shape index (κ3) is 0.932. The van der Waals surface area contributed by atoms with Crippen molar-refractivity contribution in [2.24, 2.45) is 0 Å². The first-order valence-corrected chi connectivity index (χ1v) is 2.29. The molecule has 1 aromatic heterocycles. The fraction of sp³-hybridized carbons (Fsp3) is 0.200. The van der Waals surface area contributed by atoms with E-state index in [1.165, 1.54) is 12.4 Å². The maximum absolute atomic E-state index is 6.97. The highest BCUT2D eigenvalue weighted by atomic mass is 14.9. The lowest BCUT2D eigenvalue weighted by atomic mass is 10.5. The quantitative estimate of drug-likeness (QED) is 0.491. The van der Waals surface area contributed by atoms with E-state index in [1.807, 2.05) is 0 Å². The molecular weight excluding hydrogens is 102 g/mol. The Kier molecular flexibility index (Phi) is 1.12. The summed E-state index contributed by atoms with van der Waals surface area (Å²) < 4.78 is 0.